The number of rotatable bonds is 2. The lowest BCUT2D eigenvalue weighted by molar-refractivity contribution is 0.0922. The largest absolute Gasteiger partial charge is 0.398 e. The third-order valence-corrected chi connectivity index (χ3v) is 3.77. The quantitative estimate of drug-likeness (QED) is 0.808. The first-order chi connectivity index (χ1) is 8.56. The van der Waals surface area contributed by atoms with Gasteiger partial charge in [-0.2, -0.15) is 0 Å². The van der Waals surface area contributed by atoms with Crippen molar-refractivity contribution in [2.24, 2.45) is 5.92 Å². The summed E-state index contributed by atoms with van der Waals surface area (Å²) in [6.45, 7) is 2.23. The molecule has 2 atom stereocenters. The molecule has 1 amide bonds. The van der Waals surface area contributed by atoms with Crippen LogP contribution in [0.1, 0.15) is 43.0 Å². The van der Waals surface area contributed by atoms with Crippen LogP contribution in [0.2, 0.25) is 5.02 Å². The van der Waals surface area contributed by atoms with E-state index in [1.54, 1.807) is 18.2 Å². The van der Waals surface area contributed by atoms with Crippen LogP contribution in [0.5, 0.6) is 0 Å². The molecule has 0 saturated heterocycles. The highest BCUT2D eigenvalue weighted by Crippen LogP contribution is 2.24. The number of nitrogens with two attached hydrogens (primary N) is 1. The van der Waals surface area contributed by atoms with Crippen molar-refractivity contribution in [3.63, 3.8) is 0 Å². The molecule has 0 aliphatic heterocycles. The topological polar surface area (TPSA) is 55.1 Å². The molecule has 0 radical (unpaired) electrons. The van der Waals surface area contributed by atoms with E-state index >= 15 is 0 Å². The number of halogens is 1. The maximum absolute atomic E-state index is 12.1. The van der Waals surface area contributed by atoms with E-state index in [1.165, 1.54) is 12.8 Å². The highest BCUT2D eigenvalue weighted by Gasteiger charge is 2.21. The van der Waals surface area contributed by atoms with Crippen molar-refractivity contribution in [3.8, 4) is 0 Å². The van der Waals surface area contributed by atoms with Gasteiger partial charge in [-0.3, -0.25) is 4.79 Å². The Bertz CT molecular complexity index is 447. The summed E-state index contributed by atoms with van der Waals surface area (Å²) < 4.78 is 0. The minimum atomic E-state index is -0.117. The van der Waals surface area contributed by atoms with Crippen molar-refractivity contribution in [1.29, 1.82) is 0 Å². The molecule has 3 nitrogen and oxygen atoms in total. The first-order valence-corrected chi connectivity index (χ1v) is 6.80. The van der Waals surface area contributed by atoms with Crippen molar-refractivity contribution in [2.75, 3.05) is 5.73 Å². The van der Waals surface area contributed by atoms with Crippen LogP contribution in [0.15, 0.2) is 18.2 Å². The van der Waals surface area contributed by atoms with E-state index in [4.69, 9.17) is 17.3 Å². The summed E-state index contributed by atoms with van der Waals surface area (Å²) >= 11 is 5.89. The molecule has 1 fully saturated rings. The number of benzene rings is 1. The molecule has 3 N–H and O–H groups in total. The van der Waals surface area contributed by atoms with Gasteiger partial charge in [0.15, 0.2) is 0 Å². The average Bonchev–Trinajstić information content (AvgIpc) is 2.32. The summed E-state index contributed by atoms with van der Waals surface area (Å²) in [5.41, 5.74) is 6.75. The van der Waals surface area contributed by atoms with Gasteiger partial charge in [0.2, 0.25) is 0 Å². The second-order valence-electron chi connectivity index (χ2n) is 5.17. The molecule has 4 heteroatoms. The van der Waals surface area contributed by atoms with Gasteiger partial charge in [-0.1, -0.05) is 31.4 Å². The predicted molar refractivity (Wildman–Crippen MR) is 74.8 cm³/mol. The molecule has 0 unspecified atom stereocenters. The van der Waals surface area contributed by atoms with Gasteiger partial charge in [-0.15, -0.1) is 0 Å². The van der Waals surface area contributed by atoms with Crippen molar-refractivity contribution < 1.29 is 4.79 Å². The van der Waals surface area contributed by atoms with E-state index in [0.29, 0.717) is 22.2 Å². The molecule has 98 valence electrons. The Kier molecular flexibility index (Phi) is 4.12. The van der Waals surface area contributed by atoms with Gasteiger partial charge in [0.25, 0.3) is 5.91 Å². The fourth-order valence-electron chi connectivity index (χ4n) is 2.55. The molecular weight excluding hydrogens is 248 g/mol. The molecule has 1 aromatic carbocycles. The minimum absolute atomic E-state index is 0.117. The second-order valence-corrected chi connectivity index (χ2v) is 5.61. The minimum Gasteiger partial charge on any atom is -0.398 e. The van der Waals surface area contributed by atoms with Gasteiger partial charge >= 0.3 is 0 Å². The zero-order valence-corrected chi connectivity index (χ0v) is 11.3. The van der Waals surface area contributed by atoms with Crippen LogP contribution in [0.25, 0.3) is 0 Å². The third-order valence-electron chi connectivity index (χ3n) is 3.53. The van der Waals surface area contributed by atoms with Gasteiger partial charge in [-0.25, -0.2) is 0 Å². The number of carbonyl (C=O) groups excluding carboxylic acids is 1. The van der Waals surface area contributed by atoms with Gasteiger partial charge in [0.1, 0.15) is 0 Å². The average molecular weight is 267 g/mol. The molecule has 1 aromatic rings. The molecule has 0 bridgehead atoms. The highest BCUT2D eigenvalue weighted by molar-refractivity contribution is 6.31. The van der Waals surface area contributed by atoms with Gasteiger partial charge in [-0.05, 0) is 37.0 Å². The van der Waals surface area contributed by atoms with Crippen molar-refractivity contribution in [3.05, 3.63) is 28.8 Å². The molecule has 1 aliphatic carbocycles. The smallest absolute Gasteiger partial charge is 0.253 e. The summed E-state index contributed by atoms with van der Waals surface area (Å²) in [4.78, 5) is 12.1. The number of amides is 1. The SMILES string of the molecule is C[C@@H]1CCC[C@H](NC(=O)c2cc(Cl)ccc2N)C1. The fourth-order valence-corrected chi connectivity index (χ4v) is 2.73. The predicted octanol–water partition coefficient (Wildman–Crippen LogP) is 3.23. The third kappa shape index (κ3) is 3.16. The maximum atomic E-state index is 12.1. The summed E-state index contributed by atoms with van der Waals surface area (Å²) in [6.07, 6.45) is 4.53. The molecule has 2 rings (SSSR count). The van der Waals surface area contributed by atoms with Crippen LogP contribution in [0, 0.1) is 5.92 Å². The van der Waals surface area contributed by atoms with Gasteiger partial charge in [0, 0.05) is 16.8 Å². The Balaban J connectivity index is 2.05. The number of nitrogen functional groups attached to an aromatic ring is 1. The first kappa shape index (κ1) is 13.2. The van der Waals surface area contributed by atoms with Crippen LogP contribution in [0.4, 0.5) is 5.69 Å². The van der Waals surface area contributed by atoms with Crippen molar-refractivity contribution in [1.82, 2.24) is 5.32 Å². The van der Waals surface area contributed by atoms with Crippen LogP contribution < -0.4 is 11.1 Å². The van der Waals surface area contributed by atoms with E-state index in [1.807, 2.05) is 0 Å². The molecular formula is C14H19ClN2O. The summed E-state index contributed by atoms with van der Waals surface area (Å²) in [7, 11) is 0. The standard InChI is InChI=1S/C14H19ClN2O/c1-9-3-2-4-11(7-9)17-14(18)12-8-10(15)5-6-13(12)16/h5-6,8-9,11H,2-4,7,16H2,1H3,(H,17,18)/t9-,11+/m1/s1. The van der Waals surface area contributed by atoms with E-state index in [0.717, 1.165) is 12.8 Å². The lowest BCUT2D eigenvalue weighted by Crippen LogP contribution is -2.38. The molecule has 18 heavy (non-hydrogen) atoms. The van der Waals surface area contributed by atoms with Gasteiger partial charge < -0.3 is 11.1 Å². The number of nitrogens with one attached hydrogen (secondary N) is 1. The van der Waals surface area contributed by atoms with E-state index in [-0.39, 0.29) is 11.9 Å². The first-order valence-electron chi connectivity index (χ1n) is 6.42. The Morgan fingerprint density at radius 1 is 1.44 bits per heavy atom. The van der Waals surface area contributed by atoms with Crippen LogP contribution in [-0.2, 0) is 0 Å². The molecule has 0 aromatic heterocycles. The lowest BCUT2D eigenvalue weighted by Gasteiger charge is -2.27. The van der Waals surface area contributed by atoms with Crippen LogP contribution in [-0.4, -0.2) is 11.9 Å². The molecule has 1 saturated carbocycles. The fraction of sp³-hybridized carbons (Fsp3) is 0.500. The van der Waals surface area contributed by atoms with Crippen molar-refractivity contribution >= 4 is 23.2 Å². The maximum Gasteiger partial charge on any atom is 0.253 e. The van der Waals surface area contributed by atoms with Crippen LogP contribution in [0.3, 0.4) is 0 Å². The number of anilines is 1. The van der Waals surface area contributed by atoms with Crippen molar-refractivity contribution in [2.45, 2.75) is 38.6 Å². The molecule has 1 aliphatic rings. The van der Waals surface area contributed by atoms with Gasteiger partial charge in [0.05, 0.1) is 5.56 Å². The number of carbonyl (C=O) groups is 1. The summed E-state index contributed by atoms with van der Waals surface area (Å²) in [6, 6.07) is 5.25. The Hall–Kier alpha value is -1.22. The summed E-state index contributed by atoms with van der Waals surface area (Å²) in [5, 5.41) is 3.59. The number of hydrogen-bond donors (Lipinski definition) is 2. The Labute approximate surface area is 113 Å². The monoisotopic (exact) mass is 266 g/mol. The zero-order valence-electron chi connectivity index (χ0n) is 10.6. The molecule has 0 spiro atoms. The molecule has 0 heterocycles. The zero-order chi connectivity index (χ0) is 13.1. The highest BCUT2D eigenvalue weighted by atomic mass is 35.5. The van der Waals surface area contributed by atoms with E-state index < -0.39 is 0 Å². The van der Waals surface area contributed by atoms with E-state index in [9.17, 15) is 4.79 Å². The lowest BCUT2D eigenvalue weighted by atomic mass is 9.87. The summed E-state index contributed by atoms with van der Waals surface area (Å²) in [5.74, 6) is 0.565. The Morgan fingerprint density at radius 2 is 2.22 bits per heavy atom. The number of hydrogen-bond acceptors (Lipinski definition) is 2. The van der Waals surface area contributed by atoms with E-state index in [2.05, 4.69) is 12.2 Å². The second kappa shape index (κ2) is 5.61. The Morgan fingerprint density at radius 3 is 2.94 bits per heavy atom. The van der Waals surface area contributed by atoms with Crippen LogP contribution >= 0.6 is 11.6 Å². The normalized spacial score (nSPS) is 23.7.